The summed E-state index contributed by atoms with van der Waals surface area (Å²) in [4.78, 5) is 26.6. The Morgan fingerprint density at radius 1 is 1.18 bits per heavy atom. The molecule has 2 aliphatic heterocycles. The van der Waals surface area contributed by atoms with Crippen molar-refractivity contribution in [2.24, 2.45) is 5.41 Å². The minimum atomic E-state index is 0.0332. The molecule has 1 spiro atoms. The number of rotatable bonds is 4. The van der Waals surface area contributed by atoms with Gasteiger partial charge in [-0.05, 0) is 55.7 Å². The molecule has 7 heteroatoms. The number of hydrogen-bond acceptors (Lipinski definition) is 5. The fraction of sp³-hybridized carbons (Fsp3) is 0.481. The van der Waals surface area contributed by atoms with Crippen LogP contribution in [0.25, 0.3) is 22.2 Å². The van der Waals surface area contributed by atoms with Crippen LogP contribution < -0.4 is 4.90 Å². The molecule has 2 fully saturated rings. The summed E-state index contributed by atoms with van der Waals surface area (Å²) in [7, 11) is 0. The van der Waals surface area contributed by atoms with Crippen molar-refractivity contribution in [1.82, 2.24) is 25.1 Å². The van der Waals surface area contributed by atoms with Gasteiger partial charge >= 0.3 is 0 Å². The molecule has 34 heavy (non-hydrogen) atoms. The number of hydrogen-bond donors (Lipinski definition) is 1. The minimum Gasteiger partial charge on any atom is -0.340 e. The van der Waals surface area contributed by atoms with Gasteiger partial charge in [0.05, 0.1) is 17.4 Å². The van der Waals surface area contributed by atoms with Crippen molar-refractivity contribution in [1.29, 1.82) is 0 Å². The number of benzene rings is 1. The van der Waals surface area contributed by atoms with Crippen molar-refractivity contribution in [2.45, 2.75) is 51.9 Å². The maximum atomic E-state index is 12.0. The lowest BCUT2D eigenvalue weighted by Crippen LogP contribution is -2.59. The topological polar surface area (TPSA) is 78.0 Å². The van der Waals surface area contributed by atoms with Gasteiger partial charge in [0.15, 0.2) is 0 Å². The van der Waals surface area contributed by atoms with Crippen molar-refractivity contribution in [3.63, 3.8) is 0 Å². The van der Waals surface area contributed by atoms with Gasteiger partial charge in [-0.1, -0.05) is 26.5 Å². The quantitative estimate of drug-likeness (QED) is 0.594. The van der Waals surface area contributed by atoms with Gasteiger partial charge in [-0.25, -0.2) is 9.97 Å². The van der Waals surface area contributed by atoms with E-state index in [2.05, 4.69) is 47.7 Å². The third-order valence-corrected chi connectivity index (χ3v) is 7.95. The van der Waals surface area contributed by atoms with Crippen LogP contribution in [0.2, 0.25) is 0 Å². The van der Waals surface area contributed by atoms with Crippen LogP contribution >= 0.6 is 0 Å². The lowest BCUT2D eigenvalue weighted by molar-refractivity contribution is -0.136. The highest BCUT2D eigenvalue weighted by Gasteiger charge is 2.49. The number of anilines is 1. The second-order valence-electron chi connectivity index (χ2n) is 10.6. The molecule has 176 valence electrons. The number of nitrogens with zero attached hydrogens (tertiary/aromatic N) is 5. The molecule has 2 saturated heterocycles. The molecule has 0 bridgehead atoms. The van der Waals surface area contributed by atoms with Crippen LogP contribution in [-0.2, 0) is 17.6 Å². The van der Waals surface area contributed by atoms with Crippen molar-refractivity contribution in [3.8, 4) is 11.3 Å². The normalized spacial score (nSPS) is 19.0. The van der Waals surface area contributed by atoms with Gasteiger partial charge in [0, 0.05) is 53.8 Å². The Morgan fingerprint density at radius 2 is 2.00 bits per heavy atom. The molecule has 1 aliphatic carbocycles. The first-order valence-corrected chi connectivity index (χ1v) is 12.5. The molecule has 3 aliphatic rings. The summed E-state index contributed by atoms with van der Waals surface area (Å²) in [6, 6.07) is 4.36. The van der Waals surface area contributed by atoms with E-state index in [1.165, 1.54) is 41.3 Å². The van der Waals surface area contributed by atoms with Crippen molar-refractivity contribution in [2.75, 3.05) is 31.1 Å². The zero-order valence-corrected chi connectivity index (χ0v) is 20.1. The summed E-state index contributed by atoms with van der Waals surface area (Å²) in [6.45, 7) is 11.6. The summed E-state index contributed by atoms with van der Waals surface area (Å²) in [6.07, 6.45) is 8.83. The maximum absolute atomic E-state index is 12.0. The number of nitrogens with one attached hydrogen (secondary N) is 1. The fourth-order valence-corrected chi connectivity index (χ4v) is 6.12. The van der Waals surface area contributed by atoms with Gasteiger partial charge in [0.25, 0.3) is 0 Å². The van der Waals surface area contributed by atoms with Gasteiger partial charge < -0.3 is 9.80 Å². The van der Waals surface area contributed by atoms with Crippen LogP contribution in [0.15, 0.2) is 31.0 Å². The van der Waals surface area contributed by atoms with Crippen LogP contribution in [0.5, 0.6) is 0 Å². The van der Waals surface area contributed by atoms with Crippen LogP contribution in [0.3, 0.4) is 0 Å². The van der Waals surface area contributed by atoms with Gasteiger partial charge in [-0.2, -0.15) is 5.10 Å². The Morgan fingerprint density at radius 3 is 2.79 bits per heavy atom. The van der Waals surface area contributed by atoms with E-state index in [4.69, 9.17) is 9.97 Å². The zero-order chi connectivity index (χ0) is 23.4. The molecule has 1 aromatic carbocycles. The van der Waals surface area contributed by atoms with E-state index < -0.39 is 0 Å². The van der Waals surface area contributed by atoms with E-state index in [-0.39, 0.29) is 11.3 Å². The van der Waals surface area contributed by atoms with Gasteiger partial charge in [0.1, 0.15) is 0 Å². The Hall–Kier alpha value is -3.22. The van der Waals surface area contributed by atoms with Crippen LogP contribution in [0, 0.1) is 5.41 Å². The lowest BCUT2D eigenvalue weighted by atomic mass is 9.79. The van der Waals surface area contributed by atoms with E-state index in [0.717, 1.165) is 68.0 Å². The van der Waals surface area contributed by atoms with Crippen molar-refractivity contribution in [3.05, 3.63) is 47.8 Å². The van der Waals surface area contributed by atoms with E-state index in [1.54, 1.807) is 0 Å². The predicted molar refractivity (Wildman–Crippen MR) is 134 cm³/mol. The molecule has 7 nitrogen and oxygen atoms in total. The number of H-pyrrole nitrogens is 1. The first-order chi connectivity index (χ1) is 16.5. The molecular formula is C27H32N6O. The summed E-state index contributed by atoms with van der Waals surface area (Å²) >= 11 is 0. The summed E-state index contributed by atoms with van der Waals surface area (Å²) in [5, 5.41) is 8.63. The molecular weight excluding hydrogens is 424 g/mol. The highest BCUT2D eigenvalue weighted by molar-refractivity contribution is 5.96. The van der Waals surface area contributed by atoms with Crippen LogP contribution in [0.4, 0.5) is 5.95 Å². The molecule has 0 unspecified atom stereocenters. The molecule has 0 atom stereocenters. The smallest absolute Gasteiger partial charge is 0.245 e. The molecule has 1 amide bonds. The molecule has 4 heterocycles. The SMILES string of the molecule is C=CC(=O)N1CC2(CCN(c3nc4c(c(-c5c(C(C)C)ccc6[nH]ncc56)n3)CCCC4)C2)C1. The molecule has 6 rings (SSSR count). The molecule has 3 aromatic rings. The molecule has 0 saturated carbocycles. The average molecular weight is 457 g/mol. The first kappa shape index (κ1) is 21.3. The number of carbonyl (C=O) groups is 1. The molecule has 1 N–H and O–H groups in total. The Balaban J connectivity index is 1.42. The zero-order valence-electron chi connectivity index (χ0n) is 20.1. The average Bonchev–Trinajstić information content (AvgIpc) is 3.49. The summed E-state index contributed by atoms with van der Waals surface area (Å²) in [5.74, 6) is 1.26. The largest absolute Gasteiger partial charge is 0.340 e. The number of aromatic amines is 1. The molecule has 0 radical (unpaired) electrons. The van der Waals surface area contributed by atoms with Crippen LogP contribution in [0.1, 0.15) is 55.8 Å². The van der Waals surface area contributed by atoms with Crippen LogP contribution in [-0.4, -0.2) is 57.2 Å². The molecule has 2 aromatic heterocycles. The Labute approximate surface area is 200 Å². The Bertz CT molecular complexity index is 1290. The number of amides is 1. The Kier molecular flexibility index (Phi) is 4.97. The van der Waals surface area contributed by atoms with Gasteiger partial charge in [0.2, 0.25) is 11.9 Å². The standard InChI is InChI=1S/C27H32N6O/c1-4-23(34)33-15-27(16-33)11-12-32(14-27)26-29-21-8-6-5-7-19(21)25(30-26)24-18(17(2)3)9-10-22-20(24)13-28-31-22/h4,9-10,13,17H,1,5-8,11-12,14-16H2,2-3H3,(H,28,31). The van der Waals surface area contributed by atoms with E-state index in [9.17, 15) is 4.79 Å². The predicted octanol–water partition coefficient (Wildman–Crippen LogP) is 4.25. The summed E-state index contributed by atoms with van der Waals surface area (Å²) < 4.78 is 0. The number of likely N-dealkylation sites (tertiary alicyclic amines) is 1. The number of aryl methyl sites for hydroxylation is 1. The summed E-state index contributed by atoms with van der Waals surface area (Å²) in [5.41, 5.74) is 7.33. The highest BCUT2D eigenvalue weighted by Crippen LogP contribution is 2.43. The fourth-order valence-electron chi connectivity index (χ4n) is 6.12. The highest BCUT2D eigenvalue weighted by atomic mass is 16.2. The number of aromatic nitrogens is 4. The lowest BCUT2D eigenvalue weighted by Gasteiger charge is -2.47. The monoisotopic (exact) mass is 456 g/mol. The van der Waals surface area contributed by atoms with Crippen molar-refractivity contribution < 1.29 is 4.79 Å². The number of fused-ring (bicyclic) bond motifs is 2. The van der Waals surface area contributed by atoms with E-state index >= 15 is 0 Å². The van der Waals surface area contributed by atoms with E-state index in [0.29, 0.717) is 5.92 Å². The van der Waals surface area contributed by atoms with Crippen molar-refractivity contribution >= 4 is 22.8 Å². The second kappa shape index (κ2) is 7.93. The van der Waals surface area contributed by atoms with E-state index in [1.807, 2.05) is 11.1 Å². The minimum absolute atomic E-state index is 0.0332. The number of carbonyl (C=O) groups excluding carboxylic acids is 1. The first-order valence-electron chi connectivity index (χ1n) is 12.5. The third kappa shape index (κ3) is 3.32. The third-order valence-electron chi connectivity index (χ3n) is 7.95. The van der Waals surface area contributed by atoms with Gasteiger partial charge in [-0.15, -0.1) is 0 Å². The maximum Gasteiger partial charge on any atom is 0.245 e. The second-order valence-corrected chi connectivity index (χ2v) is 10.6. The van der Waals surface area contributed by atoms with Gasteiger partial charge in [-0.3, -0.25) is 9.89 Å².